The van der Waals surface area contributed by atoms with Crippen molar-refractivity contribution >= 4 is 8.32 Å². The highest BCUT2D eigenvalue weighted by Crippen LogP contribution is 2.27. The van der Waals surface area contributed by atoms with Crippen LogP contribution in [0.5, 0.6) is 0 Å². The van der Waals surface area contributed by atoms with E-state index in [1.807, 2.05) is 0 Å². The van der Waals surface area contributed by atoms with E-state index in [1.165, 1.54) is 75.9 Å². The molecule has 0 saturated heterocycles. The van der Waals surface area contributed by atoms with Crippen molar-refractivity contribution in [2.75, 3.05) is 6.61 Å². The smallest absolute Gasteiger partial charge is 0.192 e. The lowest BCUT2D eigenvalue weighted by Gasteiger charge is -2.31. The third-order valence-electron chi connectivity index (χ3n) is 4.48. The molecule has 0 heterocycles. The van der Waals surface area contributed by atoms with Crippen LogP contribution >= 0.6 is 0 Å². The van der Waals surface area contributed by atoms with E-state index in [4.69, 9.17) is 4.43 Å². The zero-order valence-electron chi connectivity index (χ0n) is 16.4. The average molecular weight is 339 g/mol. The van der Waals surface area contributed by atoms with Crippen molar-refractivity contribution in [3.05, 3.63) is 24.3 Å². The second-order valence-electron chi connectivity index (χ2n) is 6.79. The zero-order valence-corrected chi connectivity index (χ0v) is 17.4. The van der Waals surface area contributed by atoms with Gasteiger partial charge in [-0.2, -0.15) is 0 Å². The standard InChI is InChI=1S/C21H42OSi/c1-5-9-10-11-12-13-14-15-16-17-18-22-23(19-6-2,20-7-3)21-8-4/h5,9-11H,6-8,12-21H2,1-4H3/b9-5?,11-10+. The molecule has 136 valence electrons. The maximum Gasteiger partial charge on any atom is 0.192 e. The molecule has 0 rings (SSSR count). The summed E-state index contributed by atoms with van der Waals surface area (Å²) in [5, 5.41) is 0. The molecule has 1 nitrogen and oxygen atoms in total. The molecular weight excluding hydrogens is 296 g/mol. The van der Waals surface area contributed by atoms with Crippen molar-refractivity contribution < 1.29 is 4.43 Å². The summed E-state index contributed by atoms with van der Waals surface area (Å²) >= 11 is 0. The van der Waals surface area contributed by atoms with Crippen LogP contribution in [0.3, 0.4) is 0 Å². The Hall–Kier alpha value is -0.343. The minimum atomic E-state index is -1.41. The van der Waals surface area contributed by atoms with Gasteiger partial charge in [-0.05, 0) is 44.3 Å². The Morgan fingerprint density at radius 2 is 1.30 bits per heavy atom. The van der Waals surface area contributed by atoms with E-state index in [-0.39, 0.29) is 0 Å². The molecule has 0 aromatic carbocycles. The molecule has 0 fully saturated rings. The molecular formula is C21H42OSi. The van der Waals surface area contributed by atoms with E-state index in [0.29, 0.717) is 0 Å². The van der Waals surface area contributed by atoms with Crippen molar-refractivity contribution in [1.29, 1.82) is 0 Å². The van der Waals surface area contributed by atoms with Gasteiger partial charge < -0.3 is 4.43 Å². The third-order valence-corrected chi connectivity index (χ3v) is 9.53. The van der Waals surface area contributed by atoms with Gasteiger partial charge in [0.25, 0.3) is 0 Å². The highest BCUT2D eigenvalue weighted by Gasteiger charge is 2.31. The van der Waals surface area contributed by atoms with Gasteiger partial charge in [-0.15, -0.1) is 0 Å². The van der Waals surface area contributed by atoms with Gasteiger partial charge in [0.05, 0.1) is 0 Å². The summed E-state index contributed by atoms with van der Waals surface area (Å²) < 4.78 is 6.54. The number of rotatable bonds is 16. The summed E-state index contributed by atoms with van der Waals surface area (Å²) in [7, 11) is -1.41. The SMILES string of the molecule is CC=C/C=C/CCCCCCCO[Si](CCC)(CCC)CCC. The quantitative estimate of drug-likeness (QED) is 0.159. The van der Waals surface area contributed by atoms with Gasteiger partial charge >= 0.3 is 0 Å². The number of hydrogen-bond donors (Lipinski definition) is 0. The Balaban J connectivity index is 3.76. The highest BCUT2D eigenvalue weighted by molar-refractivity contribution is 6.73. The fraction of sp³-hybridized carbons (Fsp3) is 0.810. The Morgan fingerprint density at radius 3 is 1.87 bits per heavy atom. The molecule has 0 atom stereocenters. The molecule has 0 aliphatic carbocycles. The largest absolute Gasteiger partial charge is 0.417 e. The molecule has 0 spiro atoms. The van der Waals surface area contributed by atoms with Gasteiger partial charge in [-0.3, -0.25) is 0 Å². The van der Waals surface area contributed by atoms with Crippen LogP contribution in [0.15, 0.2) is 24.3 Å². The minimum Gasteiger partial charge on any atom is -0.417 e. The van der Waals surface area contributed by atoms with Crippen molar-refractivity contribution in [3.63, 3.8) is 0 Å². The summed E-state index contributed by atoms with van der Waals surface area (Å²) in [4.78, 5) is 0. The van der Waals surface area contributed by atoms with Crippen molar-refractivity contribution in [2.45, 2.75) is 104 Å². The van der Waals surface area contributed by atoms with Crippen LogP contribution in [0, 0.1) is 0 Å². The van der Waals surface area contributed by atoms with Gasteiger partial charge in [-0.1, -0.05) is 83.6 Å². The number of allylic oxidation sites excluding steroid dienone is 4. The molecule has 0 aliphatic rings. The molecule has 0 amide bonds. The second kappa shape index (κ2) is 16.5. The molecule has 0 bridgehead atoms. The Morgan fingerprint density at radius 1 is 0.739 bits per heavy atom. The van der Waals surface area contributed by atoms with Crippen molar-refractivity contribution in [1.82, 2.24) is 0 Å². The average Bonchev–Trinajstić information content (AvgIpc) is 2.53. The zero-order chi connectivity index (χ0) is 17.2. The second-order valence-corrected chi connectivity index (χ2v) is 10.9. The molecule has 0 saturated carbocycles. The lowest BCUT2D eigenvalue weighted by Crippen LogP contribution is -2.38. The van der Waals surface area contributed by atoms with Gasteiger partial charge in [-0.25, -0.2) is 0 Å². The summed E-state index contributed by atoms with van der Waals surface area (Å²) in [6, 6.07) is 4.10. The molecule has 0 aliphatic heterocycles. The van der Waals surface area contributed by atoms with Crippen LogP contribution in [0.25, 0.3) is 0 Å². The fourth-order valence-electron chi connectivity index (χ4n) is 3.43. The predicted molar refractivity (Wildman–Crippen MR) is 109 cm³/mol. The van der Waals surface area contributed by atoms with Gasteiger partial charge in [0.1, 0.15) is 0 Å². The summed E-state index contributed by atoms with van der Waals surface area (Å²) in [6.45, 7) is 10.0. The molecule has 0 N–H and O–H groups in total. The van der Waals surface area contributed by atoms with Gasteiger partial charge in [0.2, 0.25) is 0 Å². The Kier molecular flexibility index (Phi) is 16.3. The van der Waals surface area contributed by atoms with E-state index in [1.54, 1.807) is 0 Å². The first-order valence-electron chi connectivity index (χ1n) is 10.2. The normalized spacial score (nSPS) is 12.7. The van der Waals surface area contributed by atoms with Crippen LogP contribution in [0.4, 0.5) is 0 Å². The minimum absolute atomic E-state index is 1.02. The fourth-order valence-corrected chi connectivity index (χ4v) is 7.92. The van der Waals surface area contributed by atoms with Crippen LogP contribution < -0.4 is 0 Å². The molecule has 0 unspecified atom stereocenters. The maximum atomic E-state index is 6.54. The summed E-state index contributed by atoms with van der Waals surface area (Å²) in [6.07, 6.45) is 20.4. The third kappa shape index (κ3) is 12.7. The van der Waals surface area contributed by atoms with Crippen molar-refractivity contribution in [2.24, 2.45) is 0 Å². The van der Waals surface area contributed by atoms with E-state index >= 15 is 0 Å². The van der Waals surface area contributed by atoms with Crippen LogP contribution in [-0.4, -0.2) is 14.9 Å². The number of unbranched alkanes of at least 4 members (excludes halogenated alkanes) is 5. The predicted octanol–water partition coefficient (Wildman–Crippen LogP) is 7.65. The van der Waals surface area contributed by atoms with E-state index in [9.17, 15) is 0 Å². The topological polar surface area (TPSA) is 9.23 Å². The summed E-state index contributed by atoms with van der Waals surface area (Å²) in [5.74, 6) is 0. The molecule has 0 aromatic rings. The number of hydrogen-bond acceptors (Lipinski definition) is 1. The lowest BCUT2D eigenvalue weighted by molar-refractivity contribution is 0.283. The van der Waals surface area contributed by atoms with E-state index < -0.39 is 8.32 Å². The first-order chi connectivity index (χ1) is 11.2. The van der Waals surface area contributed by atoms with Crippen molar-refractivity contribution in [3.8, 4) is 0 Å². The molecule has 0 radical (unpaired) electrons. The van der Waals surface area contributed by atoms with E-state index in [0.717, 1.165) is 6.61 Å². The lowest BCUT2D eigenvalue weighted by atomic mass is 10.1. The van der Waals surface area contributed by atoms with Crippen LogP contribution in [0.1, 0.15) is 85.5 Å². The van der Waals surface area contributed by atoms with Gasteiger partial charge in [0.15, 0.2) is 8.32 Å². The Labute approximate surface area is 147 Å². The van der Waals surface area contributed by atoms with Crippen LogP contribution in [-0.2, 0) is 4.43 Å². The summed E-state index contributed by atoms with van der Waals surface area (Å²) in [5.41, 5.74) is 0. The highest BCUT2D eigenvalue weighted by atomic mass is 28.4. The van der Waals surface area contributed by atoms with E-state index in [2.05, 4.69) is 52.0 Å². The molecule has 2 heteroatoms. The monoisotopic (exact) mass is 338 g/mol. The molecule has 23 heavy (non-hydrogen) atoms. The first kappa shape index (κ1) is 22.7. The van der Waals surface area contributed by atoms with Gasteiger partial charge in [0, 0.05) is 6.61 Å². The maximum absolute atomic E-state index is 6.54. The Bertz CT molecular complexity index is 279. The van der Waals surface area contributed by atoms with Crippen LogP contribution in [0.2, 0.25) is 18.1 Å². The molecule has 0 aromatic heterocycles. The first-order valence-corrected chi connectivity index (χ1v) is 12.7.